The number of terminal acetylenes is 1. The largest absolute Gasteiger partial charge is 0.305 e. The number of piperidine rings is 1. The first-order valence-electron chi connectivity index (χ1n) is 11.9. The Morgan fingerprint density at radius 1 is 1.14 bits per heavy atom. The van der Waals surface area contributed by atoms with Crippen LogP contribution in [0.25, 0.3) is 10.2 Å². The maximum absolute atomic E-state index is 13.1. The highest BCUT2D eigenvalue weighted by Gasteiger charge is 2.31. The molecular weight excluding hydrogens is 478 g/mol. The lowest BCUT2D eigenvalue weighted by Gasteiger charge is -2.34. The summed E-state index contributed by atoms with van der Waals surface area (Å²) in [6.07, 6.45) is 6.61. The van der Waals surface area contributed by atoms with Crippen LogP contribution < -0.4 is 4.80 Å². The van der Waals surface area contributed by atoms with Gasteiger partial charge in [0.25, 0.3) is 5.91 Å². The Morgan fingerprint density at radius 3 is 2.40 bits per heavy atom. The Kier molecular flexibility index (Phi) is 7.32. The zero-order valence-corrected chi connectivity index (χ0v) is 22.2. The molecular formula is C27H31N3O3S2. The maximum atomic E-state index is 13.1. The van der Waals surface area contributed by atoms with Crippen molar-refractivity contribution in [3.8, 4) is 12.3 Å². The Bertz CT molecular complexity index is 1450. The van der Waals surface area contributed by atoms with E-state index >= 15 is 0 Å². The van der Waals surface area contributed by atoms with E-state index in [0.717, 1.165) is 16.6 Å². The van der Waals surface area contributed by atoms with Gasteiger partial charge in [-0.1, -0.05) is 51.0 Å². The first kappa shape index (κ1) is 25.4. The van der Waals surface area contributed by atoms with Gasteiger partial charge in [-0.05, 0) is 66.1 Å². The van der Waals surface area contributed by atoms with Gasteiger partial charge in [-0.3, -0.25) is 4.79 Å². The van der Waals surface area contributed by atoms with Gasteiger partial charge in [-0.2, -0.15) is 9.30 Å². The SMILES string of the molecule is C#CCn1c(=NC(=O)c2ccc(S(=O)(=O)N3CC(C)CC(C)C3)cc2)sc2cc(C(C)C)ccc21. The molecule has 1 fully saturated rings. The van der Waals surface area contributed by atoms with Crippen molar-refractivity contribution in [2.45, 2.75) is 51.5 Å². The number of hydrogen-bond acceptors (Lipinski definition) is 4. The zero-order chi connectivity index (χ0) is 25.3. The summed E-state index contributed by atoms with van der Waals surface area (Å²) in [6.45, 7) is 9.75. The Hall–Kier alpha value is -2.73. The van der Waals surface area contributed by atoms with E-state index in [4.69, 9.17) is 6.42 Å². The molecule has 0 aliphatic carbocycles. The third-order valence-corrected chi connectivity index (χ3v) is 9.28. The van der Waals surface area contributed by atoms with Crippen molar-refractivity contribution in [2.24, 2.45) is 16.8 Å². The Labute approximate surface area is 211 Å². The highest BCUT2D eigenvalue weighted by Crippen LogP contribution is 2.27. The number of fused-ring (bicyclic) bond motifs is 1. The fourth-order valence-electron chi connectivity index (χ4n) is 4.65. The summed E-state index contributed by atoms with van der Waals surface area (Å²) in [5.74, 6) is 3.23. The summed E-state index contributed by atoms with van der Waals surface area (Å²) in [5.41, 5.74) is 2.48. The first-order valence-corrected chi connectivity index (χ1v) is 14.1. The maximum Gasteiger partial charge on any atom is 0.279 e. The lowest BCUT2D eigenvalue weighted by atomic mass is 9.94. The molecule has 1 aliphatic rings. The molecule has 2 unspecified atom stereocenters. The normalized spacial score (nSPS) is 19.8. The third-order valence-electron chi connectivity index (χ3n) is 6.39. The summed E-state index contributed by atoms with van der Waals surface area (Å²) < 4.78 is 30.7. The van der Waals surface area contributed by atoms with E-state index in [0.29, 0.717) is 47.8 Å². The van der Waals surface area contributed by atoms with Crippen LogP contribution >= 0.6 is 11.3 Å². The predicted molar refractivity (Wildman–Crippen MR) is 141 cm³/mol. The van der Waals surface area contributed by atoms with Crippen LogP contribution in [0.2, 0.25) is 0 Å². The number of amides is 1. The number of nitrogens with zero attached hydrogens (tertiary/aromatic N) is 3. The molecule has 1 aliphatic heterocycles. The van der Waals surface area contributed by atoms with Crippen LogP contribution in [0, 0.1) is 24.2 Å². The molecule has 2 aromatic carbocycles. The second-order valence-electron chi connectivity index (χ2n) is 9.77. The zero-order valence-electron chi connectivity index (χ0n) is 20.6. The smallest absolute Gasteiger partial charge is 0.279 e. The standard InChI is InChI=1S/C27H31N3O3S2/c1-6-13-30-24-12-9-22(18(2)3)15-25(24)34-27(30)28-26(31)21-7-10-23(11-8-21)35(32,33)29-16-19(4)14-20(5)17-29/h1,7-12,15,18-20H,13-14,16-17H2,2-5H3. The summed E-state index contributed by atoms with van der Waals surface area (Å²) >= 11 is 1.42. The summed E-state index contributed by atoms with van der Waals surface area (Å²) in [4.78, 5) is 18.1. The van der Waals surface area contributed by atoms with Gasteiger partial charge >= 0.3 is 0 Å². The fourth-order valence-corrected chi connectivity index (χ4v) is 7.41. The third kappa shape index (κ3) is 5.27. The average molecular weight is 510 g/mol. The Morgan fingerprint density at radius 2 is 1.80 bits per heavy atom. The average Bonchev–Trinajstić information content (AvgIpc) is 3.14. The van der Waals surface area contributed by atoms with E-state index in [9.17, 15) is 13.2 Å². The van der Waals surface area contributed by atoms with E-state index in [1.54, 1.807) is 4.31 Å². The summed E-state index contributed by atoms with van der Waals surface area (Å²) in [7, 11) is -3.60. The van der Waals surface area contributed by atoms with E-state index in [1.807, 2.05) is 10.6 Å². The number of carbonyl (C=O) groups excluding carboxylic acids is 1. The minimum absolute atomic E-state index is 0.195. The minimum atomic E-state index is -3.60. The number of thiazole rings is 1. The van der Waals surface area contributed by atoms with Crippen LogP contribution in [0.4, 0.5) is 0 Å². The van der Waals surface area contributed by atoms with Crippen molar-refractivity contribution in [2.75, 3.05) is 13.1 Å². The highest BCUT2D eigenvalue weighted by atomic mass is 32.2. The molecule has 1 amide bonds. The van der Waals surface area contributed by atoms with E-state index < -0.39 is 15.9 Å². The molecule has 0 N–H and O–H groups in total. The predicted octanol–water partition coefficient (Wildman–Crippen LogP) is 4.87. The minimum Gasteiger partial charge on any atom is -0.305 e. The van der Waals surface area contributed by atoms with Crippen LogP contribution in [0.1, 0.15) is 56.0 Å². The number of aromatic nitrogens is 1. The molecule has 0 saturated carbocycles. The fraction of sp³-hybridized carbons (Fsp3) is 0.407. The van der Waals surface area contributed by atoms with Crippen molar-refractivity contribution in [1.29, 1.82) is 0 Å². The summed E-state index contributed by atoms with van der Waals surface area (Å²) in [5, 5.41) is 0. The molecule has 1 aromatic heterocycles. The molecule has 1 saturated heterocycles. The van der Waals surface area contributed by atoms with Gasteiger partial charge in [-0.25, -0.2) is 8.42 Å². The molecule has 2 heterocycles. The van der Waals surface area contributed by atoms with Gasteiger partial charge in [0.15, 0.2) is 4.80 Å². The van der Waals surface area contributed by atoms with Crippen molar-refractivity contribution in [3.05, 3.63) is 58.4 Å². The molecule has 4 rings (SSSR count). The van der Waals surface area contributed by atoms with Gasteiger partial charge in [0.1, 0.15) is 0 Å². The van der Waals surface area contributed by atoms with Gasteiger partial charge < -0.3 is 4.57 Å². The van der Waals surface area contributed by atoms with Crippen molar-refractivity contribution in [3.63, 3.8) is 0 Å². The second kappa shape index (κ2) is 10.1. The lowest BCUT2D eigenvalue weighted by Crippen LogP contribution is -2.42. The second-order valence-corrected chi connectivity index (χ2v) is 12.7. The van der Waals surface area contributed by atoms with E-state index in [-0.39, 0.29) is 4.90 Å². The quantitative estimate of drug-likeness (QED) is 0.461. The molecule has 3 aromatic rings. The number of hydrogen-bond donors (Lipinski definition) is 0. The van der Waals surface area contributed by atoms with Gasteiger partial charge in [0.2, 0.25) is 10.0 Å². The van der Waals surface area contributed by atoms with Crippen molar-refractivity contribution < 1.29 is 13.2 Å². The summed E-state index contributed by atoms with van der Waals surface area (Å²) in [6, 6.07) is 12.3. The van der Waals surface area contributed by atoms with E-state index in [2.05, 4.69) is 50.7 Å². The highest BCUT2D eigenvalue weighted by molar-refractivity contribution is 7.89. The number of benzene rings is 2. The first-order chi connectivity index (χ1) is 16.6. The monoisotopic (exact) mass is 509 g/mol. The van der Waals surface area contributed by atoms with Crippen LogP contribution in [-0.4, -0.2) is 36.3 Å². The number of sulfonamides is 1. The van der Waals surface area contributed by atoms with Crippen LogP contribution in [-0.2, 0) is 16.6 Å². The molecule has 0 spiro atoms. The Balaban J connectivity index is 1.65. The van der Waals surface area contributed by atoms with Crippen molar-refractivity contribution in [1.82, 2.24) is 8.87 Å². The number of rotatable bonds is 5. The molecule has 8 heteroatoms. The van der Waals surface area contributed by atoms with Gasteiger partial charge in [-0.15, -0.1) is 6.42 Å². The van der Waals surface area contributed by atoms with Crippen LogP contribution in [0.5, 0.6) is 0 Å². The molecule has 6 nitrogen and oxygen atoms in total. The molecule has 35 heavy (non-hydrogen) atoms. The van der Waals surface area contributed by atoms with Crippen LogP contribution in [0.15, 0.2) is 52.4 Å². The lowest BCUT2D eigenvalue weighted by molar-refractivity contribution is 0.0998. The molecule has 184 valence electrons. The number of carbonyl (C=O) groups is 1. The van der Waals surface area contributed by atoms with Crippen LogP contribution in [0.3, 0.4) is 0 Å². The van der Waals surface area contributed by atoms with Gasteiger partial charge in [0, 0.05) is 18.7 Å². The van der Waals surface area contributed by atoms with E-state index in [1.165, 1.54) is 41.2 Å². The van der Waals surface area contributed by atoms with Gasteiger partial charge in [0.05, 0.1) is 21.7 Å². The molecule has 2 atom stereocenters. The van der Waals surface area contributed by atoms with Crippen molar-refractivity contribution >= 4 is 37.5 Å². The molecule has 0 radical (unpaired) electrons. The molecule has 0 bridgehead atoms. The topological polar surface area (TPSA) is 71.7 Å².